The molecule has 1 atom stereocenters. The fourth-order valence-electron chi connectivity index (χ4n) is 1.62. The Bertz CT molecular complexity index is 636. The molecule has 7 heteroatoms. The minimum Gasteiger partial charge on any atom is -0.350 e. The van der Waals surface area contributed by atoms with Crippen molar-refractivity contribution in [1.29, 1.82) is 0 Å². The SMILES string of the molecule is CC(C(=O)NC(C)(C)C)S(=O)(=O)Cc1ccc(Cl)c(Cl)c1. The second-order valence-electron chi connectivity index (χ2n) is 5.94. The highest BCUT2D eigenvalue weighted by molar-refractivity contribution is 7.92. The van der Waals surface area contributed by atoms with Gasteiger partial charge in [0.2, 0.25) is 5.91 Å². The van der Waals surface area contributed by atoms with Gasteiger partial charge in [-0.1, -0.05) is 29.3 Å². The molecular formula is C14H19Cl2NO3S. The van der Waals surface area contributed by atoms with Crippen LogP contribution in [0.2, 0.25) is 10.0 Å². The fraction of sp³-hybridized carbons (Fsp3) is 0.500. The molecule has 1 rings (SSSR count). The third kappa shape index (κ3) is 5.49. The Morgan fingerprint density at radius 1 is 1.24 bits per heavy atom. The monoisotopic (exact) mass is 351 g/mol. The van der Waals surface area contributed by atoms with E-state index in [4.69, 9.17) is 23.2 Å². The second-order valence-corrected chi connectivity index (χ2v) is 9.07. The van der Waals surface area contributed by atoms with E-state index in [0.29, 0.717) is 10.6 Å². The van der Waals surface area contributed by atoms with Crippen molar-refractivity contribution in [2.45, 2.75) is 44.2 Å². The number of rotatable bonds is 4. The van der Waals surface area contributed by atoms with Gasteiger partial charge in [0.1, 0.15) is 5.25 Å². The molecule has 1 N–H and O–H groups in total. The highest BCUT2D eigenvalue weighted by Crippen LogP contribution is 2.24. The van der Waals surface area contributed by atoms with Crippen molar-refractivity contribution < 1.29 is 13.2 Å². The molecule has 0 fully saturated rings. The molecule has 0 aliphatic heterocycles. The number of sulfone groups is 1. The van der Waals surface area contributed by atoms with Crippen molar-refractivity contribution >= 4 is 38.9 Å². The molecule has 1 aromatic rings. The summed E-state index contributed by atoms with van der Waals surface area (Å²) in [7, 11) is -3.63. The lowest BCUT2D eigenvalue weighted by Gasteiger charge is -2.23. The van der Waals surface area contributed by atoms with E-state index in [0.717, 1.165) is 0 Å². The lowest BCUT2D eigenvalue weighted by atomic mass is 10.1. The first kappa shape index (κ1) is 18.3. The normalized spacial score (nSPS) is 13.8. The van der Waals surface area contributed by atoms with Crippen LogP contribution < -0.4 is 5.32 Å². The smallest absolute Gasteiger partial charge is 0.238 e. The largest absolute Gasteiger partial charge is 0.350 e. The molecule has 1 aromatic carbocycles. The minimum atomic E-state index is -3.63. The van der Waals surface area contributed by atoms with Crippen LogP contribution in [0.4, 0.5) is 0 Å². The molecule has 0 bridgehead atoms. The topological polar surface area (TPSA) is 63.2 Å². The minimum absolute atomic E-state index is 0.261. The lowest BCUT2D eigenvalue weighted by Crippen LogP contribution is -2.47. The first-order chi connectivity index (χ1) is 9.42. The Labute approximate surface area is 135 Å². The molecule has 0 aliphatic carbocycles. The van der Waals surface area contributed by atoms with Gasteiger partial charge in [-0.15, -0.1) is 0 Å². The van der Waals surface area contributed by atoms with Crippen molar-refractivity contribution in [1.82, 2.24) is 5.32 Å². The van der Waals surface area contributed by atoms with Gasteiger partial charge in [0.25, 0.3) is 0 Å². The Morgan fingerprint density at radius 3 is 2.29 bits per heavy atom. The van der Waals surface area contributed by atoms with E-state index in [-0.39, 0.29) is 10.8 Å². The van der Waals surface area contributed by atoms with E-state index in [1.807, 2.05) is 0 Å². The van der Waals surface area contributed by atoms with E-state index in [1.165, 1.54) is 19.1 Å². The molecule has 1 unspecified atom stereocenters. The molecule has 0 heterocycles. The highest BCUT2D eigenvalue weighted by Gasteiger charge is 2.30. The quantitative estimate of drug-likeness (QED) is 0.905. The van der Waals surface area contributed by atoms with Gasteiger partial charge < -0.3 is 5.32 Å². The van der Waals surface area contributed by atoms with Crippen LogP contribution in [0.1, 0.15) is 33.3 Å². The number of carbonyl (C=O) groups is 1. The lowest BCUT2D eigenvalue weighted by molar-refractivity contribution is -0.121. The molecule has 118 valence electrons. The van der Waals surface area contributed by atoms with Crippen molar-refractivity contribution in [3.05, 3.63) is 33.8 Å². The van der Waals surface area contributed by atoms with Crippen LogP contribution in [0.5, 0.6) is 0 Å². The summed E-state index contributed by atoms with van der Waals surface area (Å²) in [6, 6.07) is 4.62. The van der Waals surface area contributed by atoms with Crippen LogP contribution in [0, 0.1) is 0 Å². The van der Waals surface area contributed by atoms with Gasteiger partial charge >= 0.3 is 0 Å². The van der Waals surface area contributed by atoms with Gasteiger partial charge in [0.15, 0.2) is 9.84 Å². The molecule has 0 aromatic heterocycles. The summed E-state index contributed by atoms with van der Waals surface area (Å²) < 4.78 is 24.6. The Balaban J connectivity index is 2.90. The van der Waals surface area contributed by atoms with Crippen molar-refractivity contribution in [2.24, 2.45) is 0 Å². The zero-order valence-electron chi connectivity index (χ0n) is 12.4. The van der Waals surface area contributed by atoms with Gasteiger partial charge in [-0.05, 0) is 45.4 Å². The van der Waals surface area contributed by atoms with Crippen LogP contribution in [0.15, 0.2) is 18.2 Å². The van der Waals surface area contributed by atoms with Crippen molar-refractivity contribution in [3.63, 3.8) is 0 Å². The molecule has 0 aliphatic rings. The van der Waals surface area contributed by atoms with Gasteiger partial charge in [0.05, 0.1) is 15.8 Å². The molecule has 1 amide bonds. The summed E-state index contributed by atoms with van der Waals surface area (Å²) in [6.07, 6.45) is 0. The third-order valence-corrected chi connectivity index (χ3v) is 5.52. The first-order valence-corrected chi connectivity index (χ1v) is 8.87. The number of carbonyl (C=O) groups excluding carboxylic acids is 1. The third-order valence-electron chi connectivity index (χ3n) is 2.76. The van der Waals surface area contributed by atoms with Crippen LogP contribution in [0.25, 0.3) is 0 Å². The summed E-state index contributed by atoms with van der Waals surface area (Å²) >= 11 is 11.7. The second kappa shape index (κ2) is 6.55. The number of hydrogen-bond acceptors (Lipinski definition) is 3. The van der Waals surface area contributed by atoms with E-state index >= 15 is 0 Å². The zero-order valence-corrected chi connectivity index (χ0v) is 14.7. The van der Waals surface area contributed by atoms with Crippen LogP contribution in [0.3, 0.4) is 0 Å². The highest BCUT2D eigenvalue weighted by atomic mass is 35.5. The predicted octanol–water partition coefficient (Wildman–Crippen LogP) is 3.21. The molecule has 0 saturated carbocycles. The summed E-state index contributed by atoms with van der Waals surface area (Å²) in [5, 5.41) is 2.18. The molecule has 0 saturated heterocycles. The maximum absolute atomic E-state index is 12.3. The first-order valence-electron chi connectivity index (χ1n) is 6.40. The number of benzene rings is 1. The van der Waals surface area contributed by atoms with E-state index < -0.39 is 26.5 Å². The molecule has 0 radical (unpaired) electrons. The average Bonchev–Trinajstić information content (AvgIpc) is 2.30. The average molecular weight is 352 g/mol. The Morgan fingerprint density at radius 2 is 1.81 bits per heavy atom. The maximum atomic E-state index is 12.3. The molecule has 0 spiro atoms. The van der Waals surface area contributed by atoms with Gasteiger partial charge in [-0.3, -0.25) is 4.79 Å². The maximum Gasteiger partial charge on any atom is 0.238 e. The number of hydrogen-bond donors (Lipinski definition) is 1. The van der Waals surface area contributed by atoms with E-state index in [2.05, 4.69) is 5.32 Å². The van der Waals surface area contributed by atoms with Gasteiger partial charge in [-0.25, -0.2) is 8.42 Å². The molecular weight excluding hydrogens is 333 g/mol. The Hall–Kier alpha value is -0.780. The van der Waals surface area contributed by atoms with Gasteiger partial charge in [0, 0.05) is 5.54 Å². The standard InChI is InChI=1S/C14H19Cl2NO3S/c1-9(13(18)17-14(2,3)4)21(19,20)8-10-5-6-11(15)12(16)7-10/h5-7,9H,8H2,1-4H3,(H,17,18). The summed E-state index contributed by atoms with van der Waals surface area (Å²) in [5.41, 5.74) is 0.0181. The van der Waals surface area contributed by atoms with Crippen molar-refractivity contribution in [2.75, 3.05) is 0 Å². The predicted molar refractivity (Wildman–Crippen MR) is 86.4 cm³/mol. The fourth-order valence-corrected chi connectivity index (χ4v) is 3.22. The van der Waals surface area contributed by atoms with Gasteiger partial charge in [-0.2, -0.15) is 0 Å². The number of nitrogens with one attached hydrogen (secondary N) is 1. The van der Waals surface area contributed by atoms with Crippen LogP contribution >= 0.6 is 23.2 Å². The van der Waals surface area contributed by atoms with E-state index in [9.17, 15) is 13.2 Å². The summed E-state index contributed by atoms with van der Waals surface area (Å²) in [4.78, 5) is 12.0. The zero-order chi connectivity index (χ0) is 16.4. The summed E-state index contributed by atoms with van der Waals surface area (Å²) in [6.45, 7) is 6.77. The van der Waals surface area contributed by atoms with Crippen LogP contribution in [-0.2, 0) is 20.4 Å². The Kier molecular flexibility index (Phi) is 5.69. The van der Waals surface area contributed by atoms with Crippen LogP contribution in [-0.4, -0.2) is 25.1 Å². The number of amides is 1. The summed E-state index contributed by atoms with van der Waals surface area (Å²) in [5.74, 6) is -0.773. The molecule has 21 heavy (non-hydrogen) atoms. The van der Waals surface area contributed by atoms with Crippen molar-refractivity contribution in [3.8, 4) is 0 Å². The molecule has 4 nitrogen and oxygen atoms in total. The number of halogens is 2. The van der Waals surface area contributed by atoms with E-state index in [1.54, 1.807) is 26.8 Å².